The Morgan fingerprint density at radius 2 is 1.67 bits per heavy atom. The lowest BCUT2D eigenvalue weighted by molar-refractivity contribution is 0.128. The summed E-state index contributed by atoms with van der Waals surface area (Å²) in [5.41, 5.74) is 4.19. The van der Waals surface area contributed by atoms with E-state index in [-0.39, 0.29) is 5.54 Å². The van der Waals surface area contributed by atoms with Gasteiger partial charge in [-0.25, -0.2) is 9.97 Å². The van der Waals surface area contributed by atoms with Gasteiger partial charge >= 0.3 is 0 Å². The highest BCUT2D eigenvalue weighted by Crippen LogP contribution is 2.28. The average Bonchev–Trinajstić information content (AvgIpc) is 2.67. The lowest BCUT2D eigenvalue weighted by atomic mass is 10.0. The molecule has 2 aliphatic heterocycles. The fraction of sp³-hybridized carbons (Fsp3) is 0.545. The number of aromatic nitrogens is 2. The molecule has 4 rings (SSSR count). The second kappa shape index (κ2) is 7.56. The molecule has 0 spiro atoms. The van der Waals surface area contributed by atoms with Crippen LogP contribution in [0.15, 0.2) is 36.7 Å². The fourth-order valence-electron chi connectivity index (χ4n) is 4.23. The molecule has 0 bridgehead atoms. The summed E-state index contributed by atoms with van der Waals surface area (Å²) in [4.78, 5) is 16.8. The van der Waals surface area contributed by atoms with Gasteiger partial charge in [-0.2, -0.15) is 0 Å². The number of benzene rings is 1. The van der Waals surface area contributed by atoms with Gasteiger partial charge in [-0.05, 0) is 32.8 Å². The first-order valence-corrected chi connectivity index (χ1v) is 10.1. The van der Waals surface area contributed by atoms with Gasteiger partial charge in [0.05, 0.1) is 5.69 Å². The normalized spacial score (nSPS) is 19.1. The van der Waals surface area contributed by atoms with Crippen LogP contribution in [0.2, 0.25) is 0 Å². The standard InChI is InChI=1S/C22H31N5/c1-22(2,3)27-13-11-26(12-14-27)21-19-9-10-25(16-20(19)23-17-24-21)15-18-7-5-4-6-8-18/h4-8,17H,9-16H2,1-3H3. The van der Waals surface area contributed by atoms with E-state index in [1.807, 2.05) is 0 Å². The number of anilines is 1. The van der Waals surface area contributed by atoms with Gasteiger partial charge in [0.1, 0.15) is 12.1 Å². The van der Waals surface area contributed by atoms with Crippen LogP contribution in [0.5, 0.6) is 0 Å². The number of rotatable bonds is 3. The molecule has 2 aromatic rings. The number of piperazine rings is 1. The average molecular weight is 366 g/mol. The highest BCUT2D eigenvalue weighted by Gasteiger charge is 2.29. The molecular weight excluding hydrogens is 334 g/mol. The number of hydrogen-bond acceptors (Lipinski definition) is 5. The molecule has 0 atom stereocenters. The minimum absolute atomic E-state index is 0.245. The zero-order chi connectivity index (χ0) is 18.9. The summed E-state index contributed by atoms with van der Waals surface area (Å²) < 4.78 is 0. The minimum atomic E-state index is 0.245. The van der Waals surface area contributed by atoms with Crippen molar-refractivity contribution in [3.8, 4) is 0 Å². The number of nitrogens with zero attached hydrogens (tertiary/aromatic N) is 5. The van der Waals surface area contributed by atoms with E-state index < -0.39 is 0 Å². The van der Waals surface area contributed by atoms with Crippen LogP contribution < -0.4 is 4.90 Å². The topological polar surface area (TPSA) is 35.5 Å². The molecule has 2 aliphatic rings. The van der Waals surface area contributed by atoms with Gasteiger partial charge in [0.25, 0.3) is 0 Å². The van der Waals surface area contributed by atoms with Crippen molar-refractivity contribution in [1.29, 1.82) is 0 Å². The van der Waals surface area contributed by atoms with E-state index in [4.69, 9.17) is 0 Å². The SMILES string of the molecule is CC(C)(C)N1CCN(c2ncnc3c2CCN(Cc2ccccc2)C3)CC1. The number of fused-ring (bicyclic) bond motifs is 1. The largest absolute Gasteiger partial charge is 0.354 e. The highest BCUT2D eigenvalue weighted by atomic mass is 15.3. The Balaban J connectivity index is 1.45. The molecule has 5 heteroatoms. The van der Waals surface area contributed by atoms with Crippen molar-refractivity contribution < 1.29 is 0 Å². The van der Waals surface area contributed by atoms with E-state index >= 15 is 0 Å². The highest BCUT2D eigenvalue weighted by molar-refractivity contribution is 5.50. The molecule has 27 heavy (non-hydrogen) atoms. The first-order chi connectivity index (χ1) is 13.0. The van der Waals surface area contributed by atoms with Crippen LogP contribution >= 0.6 is 0 Å². The molecule has 1 fully saturated rings. The van der Waals surface area contributed by atoms with Gasteiger partial charge in [-0.3, -0.25) is 9.80 Å². The van der Waals surface area contributed by atoms with Crippen molar-refractivity contribution in [2.75, 3.05) is 37.6 Å². The van der Waals surface area contributed by atoms with Crippen molar-refractivity contribution >= 4 is 5.82 Å². The van der Waals surface area contributed by atoms with E-state index in [1.54, 1.807) is 6.33 Å². The van der Waals surface area contributed by atoms with Crippen LogP contribution in [0.3, 0.4) is 0 Å². The molecule has 144 valence electrons. The summed E-state index contributed by atoms with van der Waals surface area (Å²) in [6, 6.07) is 10.7. The lowest BCUT2D eigenvalue weighted by Crippen LogP contribution is -2.54. The molecule has 0 radical (unpaired) electrons. The first kappa shape index (κ1) is 18.4. The van der Waals surface area contributed by atoms with Crippen molar-refractivity contribution in [3.63, 3.8) is 0 Å². The Bertz CT molecular complexity index is 760. The second-order valence-electron chi connectivity index (χ2n) is 8.71. The second-order valence-corrected chi connectivity index (χ2v) is 8.71. The van der Waals surface area contributed by atoms with Gasteiger partial charge in [-0.1, -0.05) is 30.3 Å². The quantitative estimate of drug-likeness (QED) is 0.836. The van der Waals surface area contributed by atoms with Crippen molar-refractivity contribution in [3.05, 3.63) is 53.5 Å². The Labute approximate surface area is 163 Å². The Morgan fingerprint density at radius 1 is 0.926 bits per heavy atom. The third-order valence-corrected chi connectivity index (χ3v) is 5.84. The molecule has 1 saturated heterocycles. The molecular formula is C22H31N5. The van der Waals surface area contributed by atoms with Crippen LogP contribution in [-0.4, -0.2) is 58.0 Å². The monoisotopic (exact) mass is 365 g/mol. The fourth-order valence-corrected chi connectivity index (χ4v) is 4.23. The molecule has 1 aromatic carbocycles. The third-order valence-electron chi connectivity index (χ3n) is 5.84. The predicted octanol–water partition coefficient (Wildman–Crippen LogP) is 2.96. The molecule has 0 unspecified atom stereocenters. The summed E-state index contributed by atoms with van der Waals surface area (Å²) in [5, 5.41) is 0. The molecule has 0 saturated carbocycles. The van der Waals surface area contributed by atoms with Crippen LogP contribution in [-0.2, 0) is 19.5 Å². The molecule has 0 aliphatic carbocycles. The summed E-state index contributed by atoms with van der Waals surface area (Å²) in [7, 11) is 0. The van der Waals surface area contributed by atoms with E-state index in [1.165, 1.54) is 22.6 Å². The summed E-state index contributed by atoms with van der Waals surface area (Å²) in [6.45, 7) is 14.2. The lowest BCUT2D eigenvalue weighted by Gasteiger charge is -2.43. The van der Waals surface area contributed by atoms with Crippen LogP contribution in [0.25, 0.3) is 0 Å². The Hall–Kier alpha value is -1.98. The Kier molecular flexibility index (Phi) is 5.15. The van der Waals surface area contributed by atoms with Gasteiger partial charge in [0.15, 0.2) is 0 Å². The summed E-state index contributed by atoms with van der Waals surface area (Å²) in [6.07, 6.45) is 2.80. The molecule has 0 N–H and O–H groups in total. The van der Waals surface area contributed by atoms with E-state index in [2.05, 4.69) is 75.8 Å². The molecule has 0 amide bonds. The van der Waals surface area contributed by atoms with Crippen molar-refractivity contribution in [2.45, 2.75) is 45.8 Å². The zero-order valence-corrected chi connectivity index (χ0v) is 16.9. The van der Waals surface area contributed by atoms with Crippen LogP contribution in [0.4, 0.5) is 5.82 Å². The zero-order valence-electron chi connectivity index (χ0n) is 16.9. The van der Waals surface area contributed by atoms with Crippen LogP contribution in [0, 0.1) is 0 Å². The van der Waals surface area contributed by atoms with Crippen molar-refractivity contribution in [2.24, 2.45) is 0 Å². The first-order valence-electron chi connectivity index (χ1n) is 10.1. The van der Waals surface area contributed by atoms with Crippen molar-refractivity contribution in [1.82, 2.24) is 19.8 Å². The maximum Gasteiger partial charge on any atom is 0.135 e. The molecule has 5 nitrogen and oxygen atoms in total. The van der Waals surface area contributed by atoms with Gasteiger partial charge in [-0.15, -0.1) is 0 Å². The smallest absolute Gasteiger partial charge is 0.135 e. The molecule has 1 aromatic heterocycles. The van der Waals surface area contributed by atoms with Crippen LogP contribution in [0.1, 0.15) is 37.6 Å². The van der Waals surface area contributed by atoms with E-state index in [0.29, 0.717) is 0 Å². The van der Waals surface area contributed by atoms with Gasteiger partial charge < -0.3 is 4.90 Å². The predicted molar refractivity (Wildman–Crippen MR) is 110 cm³/mol. The van der Waals surface area contributed by atoms with Gasteiger partial charge in [0, 0.05) is 56.9 Å². The maximum absolute atomic E-state index is 4.69. The number of hydrogen-bond donors (Lipinski definition) is 0. The minimum Gasteiger partial charge on any atom is -0.354 e. The van der Waals surface area contributed by atoms with Gasteiger partial charge in [0.2, 0.25) is 0 Å². The maximum atomic E-state index is 4.69. The third kappa shape index (κ3) is 4.14. The Morgan fingerprint density at radius 3 is 2.37 bits per heavy atom. The molecule has 3 heterocycles. The summed E-state index contributed by atoms with van der Waals surface area (Å²) in [5.74, 6) is 1.17. The van der Waals surface area contributed by atoms with E-state index in [0.717, 1.165) is 52.2 Å². The summed E-state index contributed by atoms with van der Waals surface area (Å²) >= 11 is 0. The van der Waals surface area contributed by atoms with E-state index in [9.17, 15) is 0 Å².